The lowest BCUT2D eigenvalue weighted by Gasteiger charge is -2.28. The van der Waals surface area contributed by atoms with E-state index in [0.29, 0.717) is 31.6 Å². The summed E-state index contributed by atoms with van der Waals surface area (Å²) in [6.07, 6.45) is 5.04. The molecular weight excluding hydrogens is 364 g/mol. The molecule has 1 heterocycles. The minimum Gasteiger partial charge on any atom is -0.511 e. The fourth-order valence-electron chi connectivity index (χ4n) is 3.55. The molecule has 1 aliphatic carbocycles. The van der Waals surface area contributed by atoms with Gasteiger partial charge in [0.25, 0.3) is 0 Å². The molecule has 6 nitrogen and oxygen atoms in total. The van der Waals surface area contributed by atoms with Crippen LogP contribution in [0, 0.1) is 5.41 Å². The number of piperidine rings is 1. The van der Waals surface area contributed by atoms with Crippen molar-refractivity contribution in [1.29, 1.82) is 0 Å². The van der Waals surface area contributed by atoms with Gasteiger partial charge in [-0.05, 0) is 42.5 Å². The number of benzene rings is 1. The molecule has 1 N–H and O–H groups in total. The quantitative estimate of drug-likeness (QED) is 0.793. The van der Waals surface area contributed by atoms with Gasteiger partial charge in [-0.3, -0.25) is 9.79 Å². The molecule has 7 heteroatoms. The van der Waals surface area contributed by atoms with Gasteiger partial charge in [-0.15, -0.1) is 0 Å². The second-order valence-electron chi connectivity index (χ2n) is 8.02. The number of nitrogens with zero attached hydrogens (tertiary/aromatic N) is 2. The van der Waals surface area contributed by atoms with E-state index in [0.717, 1.165) is 19.3 Å². The number of ketones is 1. The van der Waals surface area contributed by atoms with E-state index in [9.17, 15) is 18.3 Å². The molecule has 0 aromatic heterocycles. The van der Waals surface area contributed by atoms with E-state index in [1.807, 2.05) is 13.8 Å². The van der Waals surface area contributed by atoms with Crippen molar-refractivity contribution in [2.75, 3.05) is 13.1 Å². The van der Waals surface area contributed by atoms with Crippen molar-refractivity contribution in [3.63, 3.8) is 0 Å². The summed E-state index contributed by atoms with van der Waals surface area (Å²) in [5.41, 5.74) is 0.521. The Morgan fingerprint density at radius 3 is 2.30 bits per heavy atom. The molecule has 27 heavy (non-hydrogen) atoms. The third kappa shape index (κ3) is 4.47. The topological polar surface area (TPSA) is 87.0 Å². The molecule has 0 bridgehead atoms. The maximum absolute atomic E-state index is 12.7. The SMILES string of the molecule is CC1(C)CC(=O)C(C=Nc2ccc(S(=O)(=O)N3CCCCC3)cc2)=C(O)C1. The average Bonchev–Trinajstić information content (AvgIpc) is 2.61. The highest BCUT2D eigenvalue weighted by atomic mass is 32.2. The van der Waals surface area contributed by atoms with E-state index in [1.165, 1.54) is 22.7 Å². The number of carbonyl (C=O) groups is 1. The summed E-state index contributed by atoms with van der Waals surface area (Å²) in [4.78, 5) is 16.7. The molecule has 1 aliphatic heterocycles. The highest BCUT2D eigenvalue weighted by Crippen LogP contribution is 2.35. The van der Waals surface area contributed by atoms with Crippen LogP contribution >= 0.6 is 0 Å². The fourth-order valence-corrected chi connectivity index (χ4v) is 5.06. The predicted molar refractivity (Wildman–Crippen MR) is 105 cm³/mol. The Bertz CT molecular complexity index is 877. The molecule has 1 aromatic carbocycles. The lowest BCUT2D eigenvalue weighted by atomic mass is 9.77. The molecular formula is C20H26N2O4S. The summed E-state index contributed by atoms with van der Waals surface area (Å²) in [6.45, 7) is 5.01. The zero-order valence-corrected chi connectivity index (χ0v) is 16.6. The van der Waals surface area contributed by atoms with Crippen LogP contribution in [0.25, 0.3) is 0 Å². The molecule has 0 unspecified atom stereocenters. The number of aliphatic hydroxyl groups is 1. The first kappa shape index (κ1) is 19.8. The standard InChI is InChI=1S/C20H26N2O4S/c1-20(2)12-18(23)17(19(24)13-20)14-21-15-6-8-16(9-7-15)27(25,26)22-10-4-3-5-11-22/h6-9,14,23H,3-5,10-13H2,1-2H3. The summed E-state index contributed by atoms with van der Waals surface area (Å²) in [7, 11) is -3.47. The van der Waals surface area contributed by atoms with Crippen LogP contribution in [0.2, 0.25) is 0 Å². The Hall–Kier alpha value is -1.99. The van der Waals surface area contributed by atoms with Gasteiger partial charge in [0, 0.05) is 32.1 Å². The minimum atomic E-state index is -3.47. The van der Waals surface area contributed by atoms with E-state index in [4.69, 9.17) is 0 Å². The molecule has 0 atom stereocenters. The second-order valence-corrected chi connectivity index (χ2v) is 9.96. The number of allylic oxidation sites excluding steroid dienone is 2. The number of aliphatic imine (C=N–C) groups is 1. The maximum atomic E-state index is 12.7. The highest BCUT2D eigenvalue weighted by molar-refractivity contribution is 7.89. The van der Waals surface area contributed by atoms with Crippen molar-refractivity contribution in [1.82, 2.24) is 4.31 Å². The summed E-state index contributed by atoms with van der Waals surface area (Å²) < 4.78 is 26.8. The van der Waals surface area contributed by atoms with Crippen LogP contribution in [0.3, 0.4) is 0 Å². The van der Waals surface area contributed by atoms with Crippen molar-refractivity contribution >= 4 is 27.7 Å². The third-order valence-corrected chi connectivity index (χ3v) is 6.94. The van der Waals surface area contributed by atoms with E-state index in [-0.39, 0.29) is 27.4 Å². The van der Waals surface area contributed by atoms with Crippen LogP contribution in [0.1, 0.15) is 46.0 Å². The van der Waals surface area contributed by atoms with Crippen LogP contribution in [0.15, 0.2) is 45.5 Å². The lowest BCUT2D eigenvalue weighted by molar-refractivity contribution is -0.117. The van der Waals surface area contributed by atoms with Gasteiger partial charge < -0.3 is 5.11 Å². The van der Waals surface area contributed by atoms with E-state index in [1.54, 1.807) is 12.1 Å². The number of hydrogen-bond acceptors (Lipinski definition) is 5. The number of hydrogen-bond donors (Lipinski definition) is 1. The summed E-state index contributed by atoms with van der Waals surface area (Å²) in [5.74, 6) is -0.0684. The molecule has 1 fully saturated rings. The highest BCUT2D eigenvalue weighted by Gasteiger charge is 2.32. The van der Waals surface area contributed by atoms with Gasteiger partial charge in [-0.1, -0.05) is 20.3 Å². The van der Waals surface area contributed by atoms with Crippen LogP contribution in [-0.4, -0.2) is 42.9 Å². The molecule has 0 saturated carbocycles. The van der Waals surface area contributed by atoms with Crippen molar-refractivity contribution in [3.8, 4) is 0 Å². The van der Waals surface area contributed by atoms with Crippen molar-refractivity contribution < 1.29 is 18.3 Å². The molecule has 0 spiro atoms. The van der Waals surface area contributed by atoms with Crippen LogP contribution in [0.4, 0.5) is 5.69 Å². The normalized spacial score (nSPS) is 21.8. The van der Waals surface area contributed by atoms with Crippen molar-refractivity contribution in [2.24, 2.45) is 10.4 Å². The Morgan fingerprint density at radius 1 is 1.07 bits per heavy atom. The summed E-state index contributed by atoms with van der Waals surface area (Å²) >= 11 is 0. The molecule has 1 aromatic rings. The zero-order valence-electron chi connectivity index (χ0n) is 15.8. The first-order valence-electron chi connectivity index (χ1n) is 9.29. The van der Waals surface area contributed by atoms with E-state index in [2.05, 4.69) is 4.99 Å². The van der Waals surface area contributed by atoms with Crippen LogP contribution in [0.5, 0.6) is 0 Å². The number of rotatable bonds is 4. The monoisotopic (exact) mass is 390 g/mol. The van der Waals surface area contributed by atoms with Crippen molar-refractivity contribution in [3.05, 3.63) is 35.6 Å². The van der Waals surface area contributed by atoms with Gasteiger partial charge in [-0.25, -0.2) is 8.42 Å². The van der Waals surface area contributed by atoms with Crippen LogP contribution < -0.4 is 0 Å². The second kappa shape index (κ2) is 7.56. The van der Waals surface area contributed by atoms with Crippen molar-refractivity contribution in [2.45, 2.75) is 50.8 Å². The van der Waals surface area contributed by atoms with Gasteiger partial charge in [0.1, 0.15) is 5.76 Å². The first-order valence-corrected chi connectivity index (χ1v) is 10.7. The zero-order chi connectivity index (χ0) is 19.7. The van der Waals surface area contributed by atoms with E-state index < -0.39 is 10.0 Å². The first-order chi connectivity index (χ1) is 12.7. The molecule has 2 aliphatic rings. The minimum absolute atomic E-state index is 0.0595. The van der Waals surface area contributed by atoms with Gasteiger partial charge in [0.2, 0.25) is 10.0 Å². The Labute approximate surface area is 160 Å². The smallest absolute Gasteiger partial charge is 0.243 e. The van der Waals surface area contributed by atoms with Gasteiger partial charge in [-0.2, -0.15) is 4.31 Å². The van der Waals surface area contributed by atoms with Gasteiger partial charge >= 0.3 is 0 Å². The number of carbonyl (C=O) groups excluding carboxylic acids is 1. The number of Topliss-reactive ketones (excluding diaryl/α,β-unsaturated/α-hetero) is 1. The Kier molecular flexibility index (Phi) is 5.53. The summed E-state index contributed by atoms with van der Waals surface area (Å²) in [6, 6.07) is 6.30. The predicted octanol–water partition coefficient (Wildman–Crippen LogP) is 3.76. The van der Waals surface area contributed by atoms with E-state index >= 15 is 0 Å². The molecule has 1 saturated heterocycles. The van der Waals surface area contributed by atoms with Crippen LogP contribution in [-0.2, 0) is 14.8 Å². The lowest BCUT2D eigenvalue weighted by Crippen LogP contribution is -2.35. The molecule has 0 radical (unpaired) electrons. The summed E-state index contributed by atoms with van der Waals surface area (Å²) in [5, 5.41) is 10.1. The largest absolute Gasteiger partial charge is 0.511 e. The Balaban J connectivity index is 1.76. The fraction of sp³-hybridized carbons (Fsp3) is 0.500. The van der Waals surface area contributed by atoms with Gasteiger partial charge in [0.15, 0.2) is 5.78 Å². The number of sulfonamides is 1. The average molecular weight is 391 g/mol. The third-order valence-electron chi connectivity index (χ3n) is 5.03. The molecule has 3 rings (SSSR count). The number of aliphatic hydroxyl groups excluding tert-OH is 1. The Morgan fingerprint density at radius 2 is 1.70 bits per heavy atom. The van der Waals surface area contributed by atoms with Gasteiger partial charge in [0.05, 0.1) is 16.2 Å². The molecule has 0 amide bonds. The molecule has 146 valence electrons. The maximum Gasteiger partial charge on any atom is 0.243 e.